The monoisotopic (exact) mass is 246 g/mol. The molecular weight excluding hydrogens is 232 g/mol. The molecule has 18 heavy (non-hydrogen) atoms. The Morgan fingerprint density at radius 3 is 2.39 bits per heavy atom. The lowest BCUT2D eigenvalue weighted by Gasteiger charge is -2.28. The molecule has 1 aromatic carbocycles. The van der Waals surface area contributed by atoms with Gasteiger partial charge >= 0.3 is 11.9 Å². The Kier molecular flexibility index (Phi) is 3.46. The average Bonchev–Trinajstić information content (AvgIpc) is 2.31. The molecule has 0 saturated heterocycles. The molecule has 0 N–H and O–H groups in total. The molecule has 0 aromatic heterocycles. The summed E-state index contributed by atoms with van der Waals surface area (Å²) < 4.78 is 10.4. The van der Waals surface area contributed by atoms with E-state index in [0.29, 0.717) is 0 Å². The highest BCUT2D eigenvalue weighted by atomic mass is 16.6. The minimum Gasteiger partial charge on any atom is -0.454 e. The molecule has 0 radical (unpaired) electrons. The van der Waals surface area contributed by atoms with Gasteiger partial charge in [-0.3, -0.25) is 9.59 Å². The molecule has 1 aliphatic rings. The van der Waals surface area contributed by atoms with Gasteiger partial charge in [0.1, 0.15) is 0 Å². The van der Waals surface area contributed by atoms with Crippen molar-refractivity contribution in [3.63, 3.8) is 0 Å². The van der Waals surface area contributed by atoms with E-state index in [9.17, 15) is 9.59 Å². The number of esters is 2. The van der Waals surface area contributed by atoms with E-state index in [0.717, 1.165) is 11.1 Å². The zero-order valence-electron chi connectivity index (χ0n) is 10.3. The summed E-state index contributed by atoms with van der Waals surface area (Å²) in [4.78, 5) is 22.2. The third-order valence-corrected chi connectivity index (χ3v) is 2.66. The normalized spacial score (nSPS) is 21.0. The molecule has 0 bridgehead atoms. The van der Waals surface area contributed by atoms with Crippen LogP contribution < -0.4 is 0 Å². The van der Waals surface area contributed by atoms with Crippen molar-refractivity contribution in [2.75, 3.05) is 0 Å². The van der Waals surface area contributed by atoms with Crippen LogP contribution in [0.25, 0.3) is 6.08 Å². The Balaban J connectivity index is 2.34. The third-order valence-electron chi connectivity index (χ3n) is 2.66. The Labute approximate surface area is 105 Å². The van der Waals surface area contributed by atoms with Gasteiger partial charge in [-0.25, -0.2) is 0 Å². The number of carbonyl (C=O) groups is 2. The fourth-order valence-corrected chi connectivity index (χ4v) is 2.00. The first-order valence-electron chi connectivity index (χ1n) is 5.69. The largest absolute Gasteiger partial charge is 0.454 e. The van der Waals surface area contributed by atoms with E-state index in [1.807, 2.05) is 30.3 Å². The van der Waals surface area contributed by atoms with Gasteiger partial charge in [0, 0.05) is 19.4 Å². The van der Waals surface area contributed by atoms with E-state index >= 15 is 0 Å². The summed E-state index contributed by atoms with van der Waals surface area (Å²) in [6.07, 6.45) is 2.45. The highest BCUT2D eigenvalue weighted by Gasteiger charge is 2.30. The zero-order valence-corrected chi connectivity index (χ0v) is 10.3. The van der Waals surface area contributed by atoms with Crippen molar-refractivity contribution in [3.8, 4) is 0 Å². The third kappa shape index (κ3) is 2.59. The van der Waals surface area contributed by atoms with Crippen molar-refractivity contribution in [2.45, 2.75) is 26.1 Å². The highest BCUT2D eigenvalue weighted by Crippen LogP contribution is 2.32. The van der Waals surface area contributed by atoms with Crippen LogP contribution in [-0.4, -0.2) is 18.0 Å². The van der Waals surface area contributed by atoms with Crippen molar-refractivity contribution < 1.29 is 19.1 Å². The van der Waals surface area contributed by atoms with Crippen molar-refractivity contribution in [1.82, 2.24) is 0 Å². The number of hydrogen-bond donors (Lipinski definition) is 0. The molecule has 94 valence electrons. The maximum atomic E-state index is 11.2. The topological polar surface area (TPSA) is 52.6 Å². The van der Waals surface area contributed by atoms with Crippen LogP contribution in [-0.2, 0) is 19.1 Å². The Morgan fingerprint density at radius 2 is 1.72 bits per heavy atom. The highest BCUT2D eigenvalue weighted by molar-refractivity contribution is 5.69. The summed E-state index contributed by atoms with van der Waals surface area (Å²) >= 11 is 0. The predicted octanol–water partition coefficient (Wildman–Crippen LogP) is 2.25. The predicted molar refractivity (Wildman–Crippen MR) is 65.5 cm³/mol. The Bertz CT molecular complexity index is 504. The van der Waals surface area contributed by atoms with E-state index in [2.05, 4.69) is 0 Å². The number of benzene rings is 1. The fourth-order valence-electron chi connectivity index (χ4n) is 2.00. The summed E-state index contributed by atoms with van der Waals surface area (Å²) in [5, 5.41) is 0. The van der Waals surface area contributed by atoms with Crippen molar-refractivity contribution in [2.24, 2.45) is 0 Å². The molecule has 2 unspecified atom stereocenters. The number of fused-ring (bicyclic) bond motifs is 1. The molecule has 0 fully saturated rings. The SMILES string of the molecule is CC(=O)OC1C=Cc2ccccc2C1OC(C)=O. The van der Waals surface area contributed by atoms with Gasteiger partial charge < -0.3 is 9.47 Å². The van der Waals surface area contributed by atoms with Crippen molar-refractivity contribution in [3.05, 3.63) is 41.5 Å². The lowest BCUT2D eigenvalue weighted by Crippen LogP contribution is -2.28. The molecule has 0 saturated carbocycles. The molecule has 4 nitrogen and oxygen atoms in total. The summed E-state index contributed by atoms with van der Waals surface area (Å²) in [6.45, 7) is 2.67. The molecule has 0 amide bonds. The van der Waals surface area contributed by atoms with Crippen LogP contribution in [0.5, 0.6) is 0 Å². The molecule has 0 heterocycles. The minimum absolute atomic E-state index is 0.401. The van der Waals surface area contributed by atoms with Crippen LogP contribution >= 0.6 is 0 Å². The number of hydrogen-bond acceptors (Lipinski definition) is 4. The van der Waals surface area contributed by atoms with Crippen LogP contribution in [0.2, 0.25) is 0 Å². The van der Waals surface area contributed by atoms with Gasteiger partial charge in [-0.2, -0.15) is 0 Å². The lowest BCUT2D eigenvalue weighted by molar-refractivity contribution is -0.162. The first kappa shape index (κ1) is 12.4. The van der Waals surface area contributed by atoms with E-state index < -0.39 is 24.1 Å². The number of rotatable bonds is 2. The quantitative estimate of drug-likeness (QED) is 0.751. The minimum atomic E-state index is -0.576. The van der Waals surface area contributed by atoms with E-state index in [1.54, 1.807) is 6.08 Å². The Hall–Kier alpha value is -2.10. The molecular formula is C14H14O4. The molecule has 2 atom stereocenters. The summed E-state index contributed by atoms with van der Waals surface area (Å²) in [6, 6.07) is 7.55. The van der Waals surface area contributed by atoms with Crippen LogP contribution in [0.3, 0.4) is 0 Å². The zero-order chi connectivity index (χ0) is 13.1. The summed E-state index contributed by atoms with van der Waals surface area (Å²) in [5.41, 5.74) is 1.81. The first-order chi connectivity index (χ1) is 8.58. The summed E-state index contributed by atoms with van der Waals surface area (Å²) in [7, 11) is 0. The smallest absolute Gasteiger partial charge is 0.303 e. The fraction of sp³-hybridized carbons (Fsp3) is 0.286. The van der Waals surface area contributed by atoms with Gasteiger partial charge in [0.2, 0.25) is 0 Å². The van der Waals surface area contributed by atoms with E-state index in [4.69, 9.17) is 9.47 Å². The van der Waals surface area contributed by atoms with Crippen molar-refractivity contribution in [1.29, 1.82) is 0 Å². The number of carbonyl (C=O) groups excluding carboxylic acids is 2. The Morgan fingerprint density at radius 1 is 1.06 bits per heavy atom. The average molecular weight is 246 g/mol. The lowest BCUT2D eigenvalue weighted by atomic mass is 9.93. The van der Waals surface area contributed by atoms with Crippen LogP contribution in [0.1, 0.15) is 31.1 Å². The van der Waals surface area contributed by atoms with Crippen LogP contribution in [0.4, 0.5) is 0 Å². The van der Waals surface area contributed by atoms with Gasteiger partial charge in [-0.15, -0.1) is 0 Å². The molecule has 2 rings (SSSR count). The molecule has 0 aliphatic heterocycles. The van der Waals surface area contributed by atoms with Crippen molar-refractivity contribution >= 4 is 18.0 Å². The maximum Gasteiger partial charge on any atom is 0.303 e. The molecule has 1 aliphatic carbocycles. The number of ether oxygens (including phenoxy) is 2. The van der Waals surface area contributed by atoms with Crippen LogP contribution in [0, 0.1) is 0 Å². The van der Waals surface area contributed by atoms with Gasteiger partial charge in [-0.1, -0.05) is 30.3 Å². The molecule has 0 spiro atoms. The molecule has 4 heteroatoms. The second kappa shape index (κ2) is 5.04. The van der Waals surface area contributed by atoms with E-state index in [-0.39, 0.29) is 0 Å². The maximum absolute atomic E-state index is 11.2. The molecule has 1 aromatic rings. The van der Waals surface area contributed by atoms with Gasteiger partial charge in [-0.05, 0) is 11.6 Å². The summed E-state index contributed by atoms with van der Waals surface area (Å²) in [5.74, 6) is -0.802. The van der Waals surface area contributed by atoms with Gasteiger partial charge in [0.05, 0.1) is 0 Å². The second-order valence-electron chi connectivity index (χ2n) is 4.09. The van der Waals surface area contributed by atoms with Crippen LogP contribution in [0.15, 0.2) is 30.3 Å². The van der Waals surface area contributed by atoms with Gasteiger partial charge in [0.25, 0.3) is 0 Å². The van der Waals surface area contributed by atoms with Gasteiger partial charge in [0.15, 0.2) is 12.2 Å². The van der Waals surface area contributed by atoms with E-state index in [1.165, 1.54) is 13.8 Å². The second-order valence-corrected chi connectivity index (χ2v) is 4.09. The first-order valence-corrected chi connectivity index (χ1v) is 5.69. The standard InChI is InChI=1S/C14H14O4/c1-9(15)17-13-8-7-11-5-3-4-6-12(11)14(13)18-10(2)16/h3-8,13-14H,1-2H3.